The molecule has 3 aromatic rings. The van der Waals surface area contributed by atoms with E-state index in [9.17, 15) is 10.1 Å². The molecule has 0 saturated heterocycles. The van der Waals surface area contributed by atoms with Crippen LogP contribution in [0.4, 0.5) is 5.69 Å². The molecule has 0 atom stereocenters. The molecule has 0 amide bonds. The zero-order valence-corrected chi connectivity index (χ0v) is 16.1. The molecule has 28 heavy (non-hydrogen) atoms. The predicted octanol–water partition coefficient (Wildman–Crippen LogP) is 4.36. The fourth-order valence-electron chi connectivity index (χ4n) is 3.03. The number of aromatic amines is 1. The Bertz CT molecular complexity index is 977. The maximum Gasteiger partial charge on any atom is 0.276 e. The third-order valence-electron chi connectivity index (χ3n) is 4.69. The Morgan fingerprint density at radius 2 is 1.96 bits per heavy atom. The summed E-state index contributed by atoms with van der Waals surface area (Å²) in [6.45, 7) is 7.49. The van der Waals surface area contributed by atoms with Crippen molar-refractivity contribution in [3.63, 3.8) is 0 Å². The number of nitrogens with one attached hydrogen (secondary N) is 1. The van der Waals surface area contributed by atoms with Crippen LogP contribution in [0.2, 0.25) is 0 Å². The lowest BCUT2D eigenvalue weighted by molar-refractivity contribution is -0.385. The highest BCUT2D eigenvalue weighted by atomic mass is 16.6. The molecule has 0 unspecified atom stereocenters. The molecule has 1 N–H and O–H groups in total. The number of fused-ring (bicyclic) bond motifs is 1. The number of benzene rings is 2. The van der Waals surface area contributed by atoms with E-state index >= 15 is 0 Å². The van der Waals surface area contributed by atoms with Crippen molar-refractivity contribution >= 4 is 28.7 Å². The molecule has 1 heterocycles. The first-order valence-electron chi connectivity index (χ1n) is 9.37. The second-order valence-corrected chi connectivity index (χ2v) is 6.34. The molecular weight excluding hydrogens is 356 g/mol. The van der Waals surface area contributed by atoms with E-state index in [1.165, 1.54) is 6.07 Å². The number of likely N-dealkylation sites (N-methyl/N-ethyl adjacent to an activating group) is 1. The number of rotatable bonds is 9. The zero-order chi connectivity index (χ0) is 19.9. The van der Waals surface area contributed by atoms with Gasteiger partial charge in [-0.1, -0.05) is 32.0 Å². The van der Waals surface area contributed by atoms with Gasteiger partial charge in [0.15, 0.2) is 0 Å². The van der Waals surface area contributed by atoms with Crippen LogP contribution >= 0.6 is 0 Å². The van der Waals surface area contributed by atoms with E-state index in [4.69, 9.17) is 4.74 Å². The first kappa shape index (κ1) is 19.6. The second-order valence-electron chi connectivity index (χ2n) is 6.34. The second kappa shape index (κ2) is 9.14. The fourth-order valence-corrected chi connectivity index (χ4v) is 3.03. The summed E-state index contributed by atoms with van der Waals surface area (Å²) in [4.78, 5) is 13.3. The summed E-state index contributed by atoms with van der Waals surface area (Å²) in [6.07, 6.45) is 3.48. The first-order valence-corrected chi connectivity index (χ1v) is 9.37. The maximum absolute atomic E-state index is 11.4. The Balaban J connectivity index is 1.81. The van der Waals surface area contributed by atoms with Gasteiger partial charge in [0, 0.05) is 18.0 Å². The minimum absolute atomic E-state index is 0.0344. The highest BCUT2D eigenvalue weighted by Crippen LogP contribution is 2.27. The van der Waals surface area contributed by atoms with Crippen LogP contribution in [0.1, 0.15) is 25.1 Å². The van der Waals surface area contributed by atoms with Crippen LogP contribution in [0.25, 0.3) is 23.1 Å². The van der Waals surface area contributed by atoms with Gasteiger partial charge < -0.3 is 9.64 Å². The molecule has 0 bridgehead atoms. The summed E-state index contributed by atoms with van der Waals surface area (Å²) < 4.78 is 5.80. The van der Waals surface area contributed by atoms with E-state index in [2.05, 4.69) is 28.9 Å². The van der Waals surface area contributed by atoms with Gasteiger partial charge >= 0.3 is 0 Å². The summed E-state index contributed by atoms with van der Waals surface area (Å²) in [5, 5.41) is 19.6. The van der Waals surface area contributed by atoms with Gasteiger partial charge in [-0.3, -0.25) is 15.2 Å². The van der Waals surface area contributed by atoms with Crippen LogP contribution in [0, 0.1) is 10.1 Å². The molecule has 0 aliphatic rings. The quantitative estimate of drug-likeness (QED) is 0.440. The van der Waals surface area contributed by atoms with Crippen molar-refractivity contribution in [2.45, 2.75) is 13.8 Å². The third-order valence-corrected chi connectivity index (χ3v) is 4.69. The smallest absolute Gasteiger partial charge is 0.276 e. The van der Waals surface area contributed by atoms with Gasteiger partial charge in [-0.2, -0.15) is 5.10 Å². The summed E-state index contributed by atoms with van der Waals surface area (Å²) in [5.74, 6) is 0.615. The third kappa shape index (κ3) is 4.55. The van der Waals surface area contributed by atoms with Gasteiger partial charge in [-0.15, -0.1) is 0 Å². The number of nitro groups is 1. The molecule has 0 radical (unpaired) electrons. The monoisotopic (exact) mass is 380 g/mol. The van der Waals surface area contributed by atoms with Gasteiger partial charge in [0.2, 0.25) is 0 Å². The minimum atomic E-state index is -0.387. The van der Waals surface area contributed by atoms with Crippen LogP contribution in [0.15, 0.2) is 42.5 Å². The van der Waals surface area contributed by atoms with Crippen molar-refractivity contribution in [2.24, 2.45) is 0 Å². The van der Waals surface area contributed by atoms with Crippen LogP contribution in [-0.2, 0) is 0 Å². The molecule has 0 saturated carbocycles. The van der Waals surface area contributed by atoms with Crippen LogP contribution in [-0.4, -0.2) is 46.3 Å². The zero-order valence-electron chi connectivity index (χ0n) is 16.1. The molecule has 7 nitrogen and oxygen atoms in total. The van der Waals surface area contributed by atoms with Crippen molar-refractivity contribution in [3.8, 4) is 5.75 Å². The molecule has 2 aromatic carbocycles. The number of hydrogen-bond donors (Lipinski definition) is 1. The average Bonchev–Trinajstić information content (AvgIpc) is 3.13. The molecule has 3 rings (SSSR count). The Morgan fingerprint density at radius 3 is 2.71 bits per heavy atom. The Morgan fingerprint density at radius 1 is 1.18 bits per heavy atom. The lowest BCUT2D eigenvalue weighted by Crippen LogP contribution is -2.27. The number of hydrogen-bond acceptors (Lipinski definition) is 5. The molecule has 7 heteroatoms. The SMILES string of the molecule is CCN(CC)CCOc1ccc([N+](=O)[O-])c(/C=C/c2n[nH]c3ccccc23)c1. The number of ether oxygens (including phenoxy) is 1. The van der Waals surface area contributed by atoms with Gasteiger partial charge in [0.25, 0.3) is 5.69 Å². The number of para-hydroxylation sites is 1. The van der Waals surface area contributed by atoms with E-state index in [1.54, 1.807) is 24.3 Å². The summed E-state index contributed by atoms with van der Waals surface area (Å²) >= 11 is 0. The predicted molar refractivity (Wildman–Crippen MR) is 111 cm³/mol. The highest BCUT2D eigenvalue weighted by molar-refractivity contribution is 5.89. The Kier molecular flexibility index (Phi) is 6.39. The molecule has 0 fully saturated rings. The van der Waals surface area contributed by atoms with Crippen molar-refractivity contribution in [2.75, 3.05) is 26.2 Å². The molecule has 0 aliphatic heterocycles. The average molecular weight is 380 g/mol. The van der Waals surface area contributed by atoms with Crippen molar-refractivity contribution in [1.29, 1.82) is 0 Å². The first-order chi connectivity index (χ1) is 13.6. The number of aromatic nitrogens is 2. The van der Waals surface area contributed by atoms with E-state index in [0.717, 1.165) is 36.2 Å². The molecule has 0 spiro atoms. The molecule has 1 aromatic heterocycles. The summed E-state index contributed by atoms with van der Waals surface area (Å²) in [7, 11) is 0. The van der Waals surface area contributed by atoms with Gasteiger partial charge in [-0.05, 0) is 43.4 Å². The van der Waals surface area contributed by atoms with Crippen molar-refractivity contribution < 1.29 is 9.66 Å². The lowest BCUT2D eigenvalue weighted by Gasteiger charge is -2.18. The van der Waals surface area contributed by atoms with E-state index in [0.29, 0.717) is 17.9 Å². The Hall–Kier alpha value is -3.19. The summed E-state index contributed by atoms with van der Waals surface area (Å²) in [5.41, 5.74) is 2.17. The maximum atomic E-state index is 11.4. The number of nitrogens with zero attached hydrogens (tertiary/aromatic N) is 3. The van der Waals surface area contributed by atoms with Crippen molar-refractivity contribution in [3.05, 3.63) is 63.8 Å². The molecule has 0 aliphatic carbocycles. The van der Waals surface area contributed by atoms with Gasteiger partial charge in [-0.25, -0.2) is 0 Å². The molecule has 146 valence electrons. The standard InChI is InChI=1S/C21H24N4O3/c1-3-24(4-2)13-14-28-17-10-12-21(25(26)27)16(15-17)9-11-20-18-7-5-6-8-19(18)22-23-20/h5-12,15H,3-4,13-14H2,1-2H3,(H,22,23)/b11-9+. The minimum Gasteiger partial charge on any atom is -0.492 e. The number of H-pyrrole nitrogens is 1. The molecular formula is C21H24N4O3. The topological polar surface area (TPSA) is 84.3 Å². The largest absolute Gasteiger partial charge is 0.492 e. The normalized spacial score (nSPS) is 11.5. The number of nitro benzene ring substituents is 1. The van der Waals surface area contributed by atoms with E-state index in [-0.39, 0.29) is 10.6 Å². The van der Waals surface area contributed by atoms with Crippen LogP contribution in [0.3, 0.4) is 0 Å². The van der Waals surface area contributed by atoms with E-state index < -0.39 is 0 Å². The van der Waals surface area contributed by atoms with Crippen LogP contribution in [0.5, 0.6) is 5.75 Å². The van der Waals surface area contributed by atoms with Crippen LogP contribution < -0.4 is 4.74 Å². The lowest BCUT2D eigenvalue weighted by atomic mass is 10.1. The van der Waals surface area contributed by atoms with E-state index in [1.807, 2.05) is 24.3 Å². The fraction of sp³-hybridized carbons (Fsp3) is 0.286. The summed E-state index contributed by atoms with van der Waals surface area (Å²) in [6, 6.07) is 12.6. The highest BCUT2D eigenvalue weighted by Gasteiger charge is 2.13. The van der Waals surface area contributed by atoms with Crippen molar-refractivity contribution in [1.82, 2.24) is 15.1 Å². The van der Waals surface area contributed by atoms with Gasteiger partial charge in [0.05, 0.1) is 21.7 Å². The van der Waals surface area contributed by atoms with Gasteiger partial charge in [0.1, 0.15) is 12.4 Å². The Labute approximate surface area is 163 Å².